The number of hydrogen-bond acceptors (Lipinski definition) is 5. The van der Waals surface area contributed by atoms with Gasteiger partial charge in [0.25, 0.3) is 0 Å². The van der Waals surface area contributed by atoms with E-state index in [1.165, 1.54) is 24.9 Å². The van der Waals surface area contributed by atoms with Crippen molar-refractivity contribution in [1.29, 1.82) is 5.26 Å². The van der Waals surface area contributed by atoms with E-state index in [4.69, 9.17) is 15.7 Å². The zero-order valence-corrected chi connectivity index (χ0v) is 10.7. The van der Waals surface area contributed by atoms with Crippen LogP contribution in [0, 0.1) is 11.5 Å². The minimum absolute atomic E-state index is 0.338. The first-order chi connectivity index (χ1) is 8.62. The first kappa shape index (κ1) is 13.9. The smallest absolute Gasteiger partial charge is 0.248 e. The van der Waals surface area contributed by atoms with Crippen LogP contribution in [0.3, 0.4) is 0 Å². The lowest BCUT2D eigenvalue weighted by Crippen LogP contribution is -2.13. The molecule has 1 amide bonds. The largest absolute Gasteiger partial charge is 0.494 e. The van der Waals surface area contributed by atoms with Gasteiger partial charge in [0.15, 0.2) is 11.4 Å². The molecule has 94 valence electrons. The van der Waals surface area contributed by atoms with Gasteiger partial charge >= 0.3 is 0 Å². The minimum Gasteiger partial charge on any atom is -0.494 e. The number of benzene rings is 1. The van der Waals surface area contributed by atoms with Gasteiger partial charge in [0, 0.05) is 5.56 Å². The number of amidine groups is 1. The Hall–Kier alpha value is -2.20. The van der Waals surface area contributed by atoms with E-state index in [1.807, 2.05) is 0 Å². The van der Waals surface area contributed by atoms with Gasteiger partial charge in [-0.05, 0) is 24.5 Å². The molecule has 0 spiro atoms. The molecule has 1 aromatic carbocycles. The molecule has 0 radical (unpaired) electrons. The van der Waals surface area contributed by atoms with Crippen LogP contribution in [0.2, 0.25) is 0 Å². The molecule has 0 aliphatic rings. The summed E-state index contributed by atoms with van der Waals surface area (Å²) < 4.78 is 5.12. The van der Waals surface area contributed by atoms with Crippen LogP contribution >= 0.6 is 11.8 Å². The molecule has 0 bridgehead atoms. The lowest BCUT2D eigenvalue weighted by molar-refractivity contribution is 0.1000. The number of aliphatic imine (C=N–C) groups is 1. The second-order valence-corrected chi connectivity index (χ2v) is 3.90. The van der Waals surface area contributed by atoms with Crippen molar-refractivity contribution in [2.75, 3.05) is 13.4 Å². The Morgan fingerprint density at radius 2 is 2.33 bits per heavy atom. The molecule has 6 nitrogen and oxygen atoms in total. The van der Waals surface area contributed by atoms with Crippen molar-refractivity contribution in [2.45, 2.75) is 0 Å². The standard InChI is InChI=1S/C11H12N4O2S/c1-17-9-5-7(10(13)16)3-4-8(9)15-11(18-2)14-6-12/h3-5H,1-2H3,(H2,13,16)(H,14,15). The lowest BCUT2D eigenvalue weighted by Gasteiger charge is -2.07. The van der Waals surface area contributed by atoms with Gasteiger partial charge in [0.1, 0.15) is 11.4 Å². The van der Waals surface area contributed by atoms with Crippen LogP contribution in [0.5, 0.6) is 5.75 Å². The van der Waals surface area contributed by atoms with Gasteiger partial charge in [-0.15, -0.1) is 0 Å². The van der Waals surface area contributed by atoms with E-state index < -0.39 is 5.91 Å². The number of nitriles is 1. The number of nitrogens with two attached hydrogens (primary N) is 1. The predicted octanol–water partition coefficient (Wildman–Crippen LogP) is 1.22. The fourth-order valence-electron chi connectivity index (χ4n) is 1.21. The van der Waals surface area contributed by atoms with E-state index in [-0.39, 0.29) is 0 Å². The average Bonchev–Trinajstić information content (AvgIpc) is 2.38. The molecule has 1 aromatic rings. The third-order valence-electron chi connectivity index (χ3n) is 2.04. The third kappa shape index (κ3) is 3.40. The number of carbonyl (C=O) groups excluding carboxylic acids is 1. The molecule has 0 aliphatic carbocycles. The van der Waals surface area contributed by atoms with Crippen molar-refractivity contribution >= 4 is 28.5 Å². The van der Waals surface area contributed by atoms with Crippen LogP contribution < -0.4 is 15.8 Å². The van der Waals surface area contributed by atoms with Gasteiger partial charge in [0.2, 0.25) is 5.91 Å². The molecule has 0 atom stereocenters. The van der Waals surface area contributed by atoms with E-state index in [0.717, 1.165) is 0 Å². The number of nitrogens with zero attached hydrogens (tertiary/aromatic N) is 2. The molecular formula is C11H12N4O2S. The van der Waals surface area contributed by atoms with Crippen molar-refractivity contribution in [3.8, 4) is 11.9 Å². The summed E-state index contributed by atoms with van der Waals surface area (Å²) in [6, 6.07) is 4.66. The van der Waals surface area contributed by atoms with E-state index in [1.54, 1.807) is 24.6 Å². The van der Waals surface area contributed by atoms with Crippen LogP contribution in [0.25, 0.3) is 0 Å². The van der Waals surface area contributed by atoms with Crippen molar-refractivity contribution in [3.05, 3.63) is 23.8 Å². The van der Waals surface area contributed by atoms with Gasteiger partial charge in [-0.2, -0.15) is 5.26 Å². The second kappa shape index (κ2) is 6.51. The third-order valence-corrected chi connectivity index (χ3v) is 2.62. The summed E-state index contributed by atoms with van der Waals surface area (Å²) in [6.45, 7) is 0. The summed E-state index contributed by atoms with van der Waals surface area (Å²) in [6.07, 6.45) is 3.57. The van der Waals surface area contributed by atoms with Crippen LogP contribution in [0.1, 0.15) is 10.4 Å². The zero-order chi connectivity index (χ0) is 13.5. The van der Waals surface area contributed by atoms with Gasteiger partial charge in [-0.3, -0.25) is 10.1 Å². The maximum atomic E-state index is 11.0. The topological polar surface area (TPSA) is 100 Å². The van der Waals surface area contributed by atoms with Crippen LogP contribution in [0.15, 0.2) is 23.2 Å². The molecule has 0 unspecified atom stereocenters. The average molecular weight is 264 g/mol. The number of rotatable bonds is 3. The highest BCUT2D eigenvalue weighted by Gasteiger charge is 2.08. The van der Waals surface area contributed by atoms with E-state index in [0.29, 0.717) is 22.2 Å². The van der Waals surface area contributed by atoms with Gasteiger partial charge in [-0.1, -0.05) is 11.8 Å². The number of hydrogen-bond donors (Lipinski definition) is 2. The fraction of sp³-hybridized carbons (Fsp3) is 0.182. The van der Waals surface area contributed by atoms with Gasteiger partial charge in [0.05, 0.1) is 7.11 Å². The molecule has 7 heteroatoms. The fourth-order valence-corrected chi connectivity index (χ4v) is 1.54. The maximum Gasteiger partial charge on any atom is 0.248 e. The summed E-state index contributed by atoms with van der Waals surface area (Å²) >= 11 is 1.29. The maximum absolute atomic E-state index is 11.0. The van der Waals surface area contributed by atoms with Crippen LogP contribution in [-0.2, 0) is 0 Å². The summed E-state index contributed by atoms with van der Waals surface area (Å²) in [7, 11) is 1.47. The number of thioether (sulfide) groups is 1. The first-order valence-electron chi connectivity index (χ1n) is 4.88. The van der Waals surface area contributed by atoms with Crippen molar-refractivity contribution < 1.29 is 9.53 Å². The Morgan fingerprint density at radius 1 is 1.61 bits per heavy atom. The van der Waals surface area contributed by atoms with Crippen LogP contribution in [-0.4, -0.2) is 24.4 Å². The quantitative estimate of drug-likeness (QED) is 0.370. The SMILES string of the molecule is COc1cc(C(N)=O)ccc1N=C(NC#N)SC. The minimum atomic E-state index is -0.538. The predicted molar refractivity (Wildman–Crippen MR) is 70.9 cm³/mol. The number of nitrogens with one attached hydrogen (secondary N) is 1. The Labute approximate surface area is 109 Å². The molecular weight excluding hydrogens is 252 g/mol. The Morgan fingerprint density at radius 3 is 2.83 bits per heavy atom. The Balaban J connectivity index is 3.17. The highest BCUT2D eigenvalue weighted by Crippen LogP contribution is 2.29. The van der Waals surface area contributed by atoms with Crippen molar-refractivity contribution in [1.82, 2.24) is 5.32 Å². The molecule has 3 N–H and O–H groups in total. The molecule has 0 saturated heterocycles. The van der Waals surface area contributed by atoms with Crippen molar-refractivity contribution in [2.24, 2.45) is 10.7 Å². The molecule has 0 fully saturated rings. The molecule has 1 rings (SSSR count). The highest BCUT2D eigenvalue weighted by atomic mass is 32.2. The number of amides is 1. The second-order valence-electron chi connectivity index (χ2n) is 3.11. The van der Waals surface area contributed by atoms with E-state index in [9.17, 15) is 4.79 Å². The van der Waals surface area contributed by atoms with E-state index >= 15 is 0 Å². The normalized spacial score (nSPS) is 10.6. The molecule has 0 aromatic heterocycles. The molecule has 0 aliphatic heterocycles. The Bertz CT molecular complexity index is 522. The number of methoxy groups -OCH3 is 1. The zero-order valence-electron chi connectivity index (χ0n) is 9.93. The van der Waals surface area contributed by atoms with Gasteiger partial charge < -0.3 is 10.5 Å². The van der Waals surface area contributed by atoms with E-state index in [2.05, 4.69) is 10.3 Å². The summed E-state index contributed by atoms with van der Waals surface area (Å²) in [5.74, 6) is -0.123. The molecule has 18 heavy (non-hydrogen) atoms. The molecule has 0 heterocycles. The number of ether oxygens (including phenoxy) is 1. The summed E-state index contributed by atoms with van der Waals surface area (Å²) in [5.41, 5.74) is 6.02. The first-order valence-corrected chi connectivity index (χ1v) is 6.10. The van der Waals surface area contributed by atoms with Crippen LogP contribution in [0.4, 0.5) is 5.69 Å². The Kier molecular flexibility index (Phi) is 5.02. The number of primary amides is 1. The monoisotopic (exact) mass is 264 g/mol. The summed E-state index contributed by atoms with van der Waals surface area (Å²) in [4.78, 5) is 15.2. The molecule has 0 saturated carbocycles. The van der Waals surface area contributed by atoms with Gasteiger partial charge in [-0.25, -0.2) is 4.99 Å². The van der Waals surface area contributed by atoms with Crippen molar-refractivity contribution in [3.63, 3.8) is 0 Å². The summed E-state index contributed by atoms with van der Waals surface area (Å²) in [5, 5.41) is 11.4. The lowest BCUT2D eigenvalue weighted by atomic mass is 10.2. The number of carbonyl (C=O) groups is 1. The highest BCUT2D eigenvalue weighted by molar-refractivity contribution is 8.13.